The summed E-state index contributed by atoms with van der Waals surface area (Å²) in [5.41, 5.74) is 2.08. The second-order valence-electron chi connectivity index (χ2n) is 9.82. The van der Waals surface area contributed by atoms with Crippen LogP contribution in [0, 0.1) is 5.82 Å². The maximum Gasteiger partial charge on any atom is 0.223 e. The van der Waals surface area contributed by atoms with Crippen LogP contribution in [0.3, 0.4) is 0 Å². The van der Waals surface area contributed by atoms with Gasteiger partial charge in [0.1, 0.15) is 5.75 Å². The van der Waals surface area contributed by atoms with Crippen molar-refractivity contribution in [3.63, 3.8) is 0 Å². The average molecular weight is 571 g/mol. The number of halogens is 2. The van der Waals surface area contributed by atoms with Gasteiger partial charge >= 0.3 is 0 Å². The van der Waals surface area contributed by atoms with E-state index in [0.717, 1.165) is 34.1 Å². The second kappa shape index (κ2) is 12.1. The molecule has 8 heteroatoms. The zero-order valence-electron chi connectivity index (χ0n) is 21.7. The van der Waals surface area contributed by atoms with Crippen LogP contribution < -0.4 is 14.8 Å². The third kappa shape index (κ3) is 6.16. The molecule has 1 aromatic heterocycles. The molecular formula is C32H28ClFN4OS. The summed E-state index contributed by atoms with van der Waals surface area (Å²) >= 11 is 7.56. The lowest BCUT2D eigenvalue weighted by molar-refractivity contribution is 0.444. The Kier molecular flexibility index (Phi) is 8.02. The van der Waals surface area contributed by atoms with Gasteiger partial charge in [0.25, 0.3) is 0 Å². The van der Waals surface area contributed by atoms with Crippen molar-refractivity contribution in [3.05, 3.63) is 102 Å². The predicted octanol–water partition coefficient (Wildman–Crippen LogP) is 9.75. The third-order valence-corrected chi connectivity index (χ3v) is 8.34. The average Bonchev–Trinajstić information content (AvgIpc) is 2.98. The molecule has 0 saturated heterocycles. The first-order chi connectivity index (χ1) is 19.6. The Morgan fingerprint density at radius 2 is 1.62 bits per heavy atom. The maximum atomic E-state index is 15.3. The number of nitrogens with one attached hydrogen (secondary N) is 2. The van der Waals surface area contributed by atoms with Crippen LogP contribution in [-0.4, -0.2) is 16.0 Å². The second-order valence-corrected chi connectivity index (χ2v) is 11.1. The zero-order valence-corrected chi connectivity index (χ0v) is 23.3. The molecule has 1 heterocycles. The summed E-state index contributed by atoms with van der Waals surface area (Å²) in [7, 11) is 0. The lowest BCUT2D eigenvalue weighted by Gasteiger charge is -2.22. The van der Waals surface area contributed by atoms with Gasteiger partial charge in [0.15, 0.2) is 11.6 Å². The van der Waals surface area contributed by atoms with Crippen molar-refractivity contribution < 1.29 is 9.13 Å². The molecule has 1 aliphatic carbocycles. The van der Waals surface area contributed by atoms with Crippen molar-refractivity contribution in [3.8, 4) is 22.8 Å². The molecule has 0 aliphatic heterocycles. The smallest absolute Gasteiger partial charge is 0.223 e. The Labute approximate surface area is 242 Å². The molecule has 0 spiro atoms. The van der Waals surface area contributed by atoms with Gasteiger partial charge < -0.3 is 14.8 Å². The van der Waals surface area contributed by atoms with E-state index >= 15 is 4.39 Å². The highest BCUT2D eigenvalue weighted by molar-refractivity contribution is 8.00. The molecule has 5 nitrogen and oxygen atoms in total. The minimum atomic E-state index is -0.480. The molecule has 0 radical (unpaired) electrons. The number of fused-ring (bicyclic) bond motifs is 1. The fraction of sp³-hybridized carbons (Fsp3) is 0.188. The number of benzene rings is 4. The van der Waals surface area contributed by atoms with Gasteiger partial charge in [0, 0.05) is 34.5 Å². The molecule has 1 fully saturated rings. The number of hydrogen-bond acceptors (Lipinski definition) is 6. The number of anilines is 2. The van der Waals surface area contributed by atoms with E-state index in [0.29, 0.717) is 34.1 Å². The van der Waals surface area contributed by atoms with Crippen molar-refractivity contribution >= 4 is 46.0 Å². The minimum Gasteiger partial charge on any atom is -0.454 e. The van der Waals surface area contributed by atoms with Crippen molar-refractivity contribution in [2.75, 3.05) is 10.0 Å². The number of ether oxygens (including phenoxy) is 1. The number of rotatable bonds is 8. The molecule has 0 unspecified atom stereocenters. The fourth-order valence-corrected chi connectivity index (χ4v) is 5.84. The number of nitrogens with zero attached hydrogens (tertiary/aromatic N) is 2. The van der Waals surface area contributed by atoms with E-state index in [4.69, 9.17) is 21.3 Å². The number of aromatic nitrogens is 2. The molecule has 5 aromatic rings. The van der Waals surface area contributed by atoms with E-state index in [2.05, 4.69) is 15.0 Å². The monoisotopic (exact) mass is 570 g/mol. The van der Waals surface area contributed by atoms with Gasteiger partial charge in [-0.2, -0.15) is 0 Å². The quantitative estimate of drug-likeness (QED) is 0.181. The van der Waals surface area contributed by atoms with Crippen LogP contribution in [0.4, 0.5) is 16.0 Å². The molecule has 202 valence electrons. The molecule has 6 rings (SSSR count). The largest absolute Gasteiger partial charge is 0.454 e. The predicted molar refractivity (Wildman–Crippen MR) is 163 cm³/mol. The van der Waals surface area contributed by atoms with Crippen LogP contribution in [0.5, 0.6) is 11.5 Å². The standard InChI is InChI=1S/C32H28ClFN4OS/c33-26-12-6-7-13-31(26)40-38-24-14-15-29(27(34)20-24)39-30-19-22-9-5-4-8-21(22)18-25(30)28-16-17-35-32(37-28)36-23-10-2-1-3-11-23/h4-9,12-20,23,38H,1-3,10-11H2,(H,35,36,37). The lowest BCUT2D eigenvalue weighted by atomic mass is 9.96. The van der Waals surface area contributed by atoms with Crippen molar-refractivity contribution in [1.29, 1.82) is 0 Å². The first-order valence-electron chi connectivity index (χ1n) is 13.4. The van der Waals surface area contributed by atoms with E-state index < -0.39 is 5.82 Å². The van der Waals surface area contributed by atoms with Gasteiger partial charge in [0.2, 0.25) is 5.95 Å². The highest BCUT2D eigenvalue weighted by Crippen LogP contribution is 2.38. The highest BCUT2D eigenvalue weighted by Gasteiger charge is 2.17. The highest BCUT2D eigenvalue weighted by atomic mass is 35.5. The third-order valence-electron chi connectivity index (χ3n) is 6.99. The topological polar surface area (TPSA) is 59.1 Å². The Bertz CT molecular complexity index is 1640. The molecule has 40 heavy (non-hydrogen) atoms. The van der Waals surface area contributed by atoms with Crippen LogP contribution >= 0.6 is 23.5 Å². The normalized spacial score (nSPS) is 13.8. The molecule has 0 bridgehead atoms. The fourth-order valence-electron chi connectivity index (χ4n) is 4.92. The first kappa shape index (κ1) is 26.4. The van der Waals surface area contributed by atoms with Gasteiger partial charge in [-0.05, 0) is 78.0 Å². The van der Waals surface area contributed by atoms with Crippen LogP contribution in [-0.2, 0) is 0 Å². The van der Waals surface area contributed by atoms with Gasteiger partial charge in [-0.3, -0.25) is 0 Å². The van der Waals surface area contributed by atoms with Crippen LogP contribution in [0.1, 0.15) is 32.1 Å². The van der Waals surface area contributed by atoms with Gasteiger partial charge in [-0.1, -0.05) is 67.3 Å². The number of hydrogen-bond donors (Lipinski definition) is 2. The summed E-state index contributed by atoms with van der Waals surface area (Å²) in [6, 6.07) is 26.5. The molecule has 1 saturated carbocycles. The summed E-state index contributed by atoms with van der Waals surface area (Å²) in [5.74, 6) is 0.762. The Hall–Kier alpha value is -3.81. The summed E-state index contributed by atoms with van der Waals surface area (Å²) in [4.78, 5) is 10.1. The molecule has 0 atom stereocenters. The molecule has 4 aromatic carbocycles. The van der Waals surface area contributed by atoms with E-state index in [-0.39, 0.29) is 5.75 Å². The van der Waals surface area contributed by atoms with E-state index in [1.807, 2.05) is 66.7 Å². The Morgan fingerprint density at radius 3 is 2.42 bits per heavy atom. The SMILES string of the molecule is Fc1cc(NSc2ccccc2Cl)ccc1Oc1cc2ccccc2cc1-c1ccnc(NC2CCCCC2)n1. The van der Waals surface area contributed by atoms with E-state index in [1.165, 1.54) is 37.3 Å². The Balaban J connectivity index is 1.28. The summed E-state index contributed by atoms with van der Waals surface area (Å²) in [6.45, 7) is 0. The van der Waals surface area contributed by atoms with Crippen molar-refractivity contribution in [2.45, 2.75) is 43.0 Å². The van der Waals surface area contributed by atoms with Crippen LogP contribution in [0.15, 0.2) is 96.0 Å². The van der Waals surface area contributed by atoms with Gasteiger partial charge in [-0.25, -0.2) is 14.4 Å². The van der Waals surface area contributed by atoms with Gasteiger partial charge in [0.05, 0.1) is 10.7 Å². The summed E-state index contributed by atoms with van der Waals surface area (Å²) in [6.07, 6.45) is 7.73. The van der Waals surface area contributed by atoms with Gasteiger partial charge in [-0.15, -0.1) is 0 Å². The van der Waals surface area contributed by atoms with E-state index in [1.54, 1.807) is 18.3 Å². The van der Waals surface area contributed by atoms with E-state index in [9.17, 15) is 0 Å². The Morgan fingerprint density at radius 1 is 0.850 bits per heavy atom. The summed E-state index contributed by atoms with van der Waals surface area (Å²) in [5, 5.41) is 6.17. The van der Waals surface area contributed by atoms with Crippen molar-refractivity contribution in [1.82, 2.24) is 9.97 Å². The van der Waals surface area contributed by atoms with Crippen LogP contribution in [0.25, 0.3) is 22.0 Å². The lowest BCUT2D eigenvalue weighted by Crippen LogP contribution is -2.23. The zero-order chi connectivity index (χ0) is 27.3. The first-order valence-corrected chi connectivity index (χ1v) is 14.6. The van der Waals surface area contributed by atoms with Crippen molar-refractivity contribution in [2.24, 2.45) is 0 Å². The summed E-state index contributed by atoms with van der Waals surface area (Å²) < 4.78 is 24.6. The molecular weight excluding hydrogens is 543 g/mol. The minimum absolute atomic E-state index is 0.124. The van der Waals surface area contributed by atoms with Crippen LogP contribution in [0.2, 0.25) is 5.02 Å². The molecule has 0 amide bonds. The molecule has 1 aliphatic rings. The maximum absolute atomic E-state index is 15.3. The molecule has 2 N–H and O–H groups in total.